The highest BCUT2D eigenvalue weighted by atomic mass is 16.3. The first kappa shape index (κ1) is 20.0. The number of aliphatic imine (C=N–C) groups is 1. The number of hydrogen-bond donors (Lipinski definition) is 5. The number of aliphatic hydroxyl groups excluding tert-OH is 1. The summed E-state index contributed by atoms with van der Waals surface area (Å²) in [5.74, 6) is -0.900. The van der Waals surface area contributed by atoms with Crippen molar-refractivity contribution in [2.24, 2.45) is 28.1 Å². The minimum Gasteiger partial charge on any atom is -0.512 e. The third-order valence-electron chi connectivity index (χ3n) is 3.26. The van der Waals surface area contributed by atoms with Crippen LogP contribution in [0.5, 0.6) is 0 Å². The molecular formula is C17H25N5O3. The van der Waals surface area contributed by atoms with E-state index in [1.807, 2.05) is 13.8 Å². The van der Waals surface area contributed by atoms with E-state index >= 15 is 0 Å². The van der Waals surface area contributed by atoms with E-state index in [0.717, 1.165) is 0 Å². The lowest BCUT2D eigenvalue weighted by Gasteiger charge is -2.19. The summed E-state index contributed by atoms with van der Waals surface area (Å²) in [7, 11) is 0. The van der Waals surface area contributed by atoms with Crippen LogP contribution in [0.2, 0.25) is 0 Å². The van der Waals surface area contributed by atoms with Crippen LogP contribution in [0.25, 0.3) is 0 Å². The first-order valence-electron chi connectivity index (χ1n) is 7.81. The normalized spacial score (nSPS) is 13.6. The number of anilines is 1. The van der Waals surface area contributed by atoms with Gasteiger partial charge in [0.1, 0.15) is 11.9 Å². The Morgan fingerprint density at radius 1 is 1.28 bits per heavy atom. The van der Waals surface area contributed by atoms with Crippen LogP contribution in [0.4, 0.5) is 11.4 Å². The number of nitrogens with zero attached hydrogens (tertiary/aromatic N) is 1. The summed E-state index contributed by atoms with van der Waals surface area (Å²) >= 11 is 0. The fourth-order valence-electron chi connectivity index (χ4n) is 2.23. The van der Waals surface area contributed by atoms with Crippen molar-refractivity contribution in [1.29, 1.82) is 0 Å². The molecule has 0 bridgehead atoms. The zero-order valence-corrected chi connectivity index (χ0v) is 14.6. The fraction of sp³-hybridized carbons (Fsp3) is 0.353. The predicted octanol–water partition coefficient (Wildman–Crippen LogP) is 1.55. The van der Waals surface area contributed by atoms with Crippen LogP contribution >= 0.6 is 0 Å². The molecular weight excluding hydrogens is 322 g/mol. The number of carbonyl (C=O) groups is 2. The molecule has 0 heterocycles. The van der Waals surface area contributed by atoms with Gasteiger partial charge in [0.25, 0.3) is 5.91 Å². The van der Waals surface area contributed by atoms with E-state index in [4.69, 9.17) is 17.2 Å². The van der Waals surface area contributed by atoms with Gasteiger partial charge in [-0.25, -0.2) is 4.99 Å². The molecule has 1 atom stereocenters. The molecule has 1 rings (SSSR count). The molecule has 8 heteroatoms. The summed E-state index contributed by atoms with van der Waals surface area (Å²) in [6.07, 6.45) is 1.80. The number of aliphatic hydroxyl groups is 1. The van der Waals surface area contributed by atoms with Crippen molar-refractivity contribution in [1.82, 2.24) is 0 Å². The van der Waals surface area contributed by atoms with Gasteiger partial charge in [0.2, 0.25) is 5.91 Å². The summed E-state index contributed by atoms with van der Waals surface area (Å²) in [6, 6.07) is 4.08. The van der Waals surface area contributed by atoms with E-state index in [-0.39, 0.29) is 28.8 Å². The van der Waals surface area contributed by atoms with Gasteiger partial charge in [-0.05, 0) is 37.5 Å². The third kappa shape index (κ3) is 6.54. The molecule has 1 unspecified atom stereocenters. The van der Waals surface area contributed by atoms with E-state index in [2.05, 4.69) is 10.3 Å². The second kappa shape index (κ2) is 8.72. The summed E-state index contributed by atoms with van der Waals surface area (Å²) in [5, 5.41) is 12.3. The smallest absolute Gasteiger partial charge is 0.250 e. The van der Waals surface area contributed by atoms with Crippen molar-refractivity contribution >= 4 is 29.0 Å². The van der Waals surface area contributed by atoms with Crippen molar-refractivity contribution in [3.63, 3.8) is 0 Å². The maximum absolute atomic E-state index is 11.6. The van der Waals surface area contributed by atoms with E-state index in [1.165, 1.54) is 19.1 Å². The molecule has 1 aromatic carbocycles. The van der Waals surface area contributed by atoms with Crippen LogP contribution in [0.3, 0.4) is 0 Å². The number of hydrogen-bond acceptors (Lipinski definition) is 5. The predicted molar refractivity (Wildman–Crippen MR) is 98.7 cm³/mol. The van der Waals surface area contributed by atoms with Gasteiger partial charge in [-0.15, -0.1) is 0 Å². The zero-order valence-electron chi connectivity index (χ0n) is 14.6. The van der Waals surface area contributed by atoms with Crippen LogP contribution in [0.1, 0.15) is 37.6 Å². The topological polar surface area (TPSA) is 157 Å². The molecule has 1 aromatic rings. The molecule has 8 nitrogen and oxygen atoms in total. The Kier molecular flexibility index (Phi) is 6.98. The number of allylic oxidation sites excluding steroid dienone is 1. The molecule has 25 heavy (non-hydrogen) atoms. The Bertz CT molecular complexity index is 706. The summed E-state index contributed by atoms with van der Waals surface area (Å²) < 4.78 is 0. The molecule has 0 aliphatic heterocycles. The molecule has 0 saturated carbocycles. The van der Waals surface area contributed by atoms with Gasteiger partial charge >= 0.3 is 0 Å². The van der Waals surface area contributed by atoms with Gasteiger partial charge in [0.15, 0.2) is 0 Å². The van der Waals surface area contributed by atoms with E-state index in [1.54, 1.807) is 12.1 Å². The van der Waals surface area contributed by atoms with Crippen molar-refractivity contribution < 1.29 is 14.7 Å². The largest absolute Gasteiger partial charge is 0.512 e. The third-order valence-corrected chi connectivity index (χ3v) is 3.26. The Labute approximate surface area is 146 Å². The van der Waals surface area contributed by atoms with Gasteiger partial charge in [-0.1, -0.05) is 13.8 Å². The van der Waals surface area contributed by atoms with Crippen molar-refractivity contribution in [2.45, 2.75) is 33.2 Å². The minimum atomic E-state index is -0.670. The van der Waals surface area contributed by atoms with Crippen molar-refractivity contribution in [3.8, 4) is 0 Å². The maximum atomic E-state index is 11.6. The van der Waals surface area contributed by atoms with Gasteiger partial charge in [-0.3, -0.25) is 9.59 Å². The van der Waals surface area contributed by atoms with Gasteiger partial charge in [0, 0.05) is 11.8 Å². The standard InChI is InChI=1S/C17H25N5O3/c1-9(2)6-14(17(20)25)21-11-4-5-12(16(19)24)13(8-11)22-15(18)7-10(3)23/h4-5,7-9,14,21,23H,6H2,1-3H3,(H2,18,22)(H2,19,24)(H2,20,25)/b10-7-. The number of amides is 2. The van der Waals surface area contributed by atoms with E-state index in [9.17, 15) is 14.7 Å². The highest BCUT2D eigenvalue weighted by Gasteiger charge is 2.18. The summed E-state index contributed by atoms with van der Waals surface area (Å²) in [5.41, 5.74) is 17.4. The van der Waals surface area contributed by atoms with Crippen LogP contribution in [-0.2, 0) is 4.79 Å². The van der Waals surface area contributed by atoms with Gasteiger partial charge < -0.3 is 27.6 Å². The second-order valence-corrected chi connectivity index (χ2v) is 6.15. The molecule has 0 fully saturated rings. The highest BCUT2D eigenvalue weighted by molar-refractivity contribution is 6.01. The Balaban J connectivity index is 3.24. The summed E-state index contributed by atoms with van der Waals surface area (Å²) in [4.78, 5) is 27.3. The number of benzene rings is 1. The average Bonchev–Trinajstić information content (AvgIpc) is 2.44. The highest BCUT2D eigenvalue weighted by Crippen LogP contribution is 2.25. The lowest BCUT2D eigenvalue weighted by Crippen LogP contribution is -2.36. The number of rotatable bonds is 8. The molecule has 0 aliphatic carbocycles. The Morgan fingerprint density at radius 2 is 1.92 bits per heavy atom. The van der Waals surface area contributed by atoms with Crippen LogP contribution in [-0.4, -0.2) is 28.8 Å². The zero-order chi connectivity index (χ0) is 19.1. The monoisotopic (exact) mass is 347 g/mol. The number of primary amides is 2. The maximum Gasteiger partial charge on any atom is 0.250 e. The van der Waals surface area contributed by atoms with E-state index in [0.29, 0.717) is 12.1 Å². The second-order valence-electron chi connectivity index (χ2n) is 6.15. The molecule has 0 spiro atoms. The van der Waals surface area contributed by atoms with E-state index < -0.39 is 17.9 Å². The van der Waals surface area contributed by atoms with Crippen molar-refractivity contribution in [3.05, 3.63) is 35.6 Å². The van der Waals surface area contributed by atoms with Crippen LogP contribution in [0.15, 0.2) is 35.0 Å². The van der Waals surface area contributed by atoms with Crippen LogP contribution < -0.4 is 22.5 Å². The number of amidine groups is 1. The number of nitrogens with two attached hydrogens (primary N) is 3. The van der Waals surface area contributed by atoms with Crippen LogP contribution in [0, 0.1) is 5.92 Å². The quantitative estimate of drug-likeness (QED) is 0.274. The molecule has 2 amide bonds. The Hall–Kier alpha value is -3.03. The number of nitrogens with one attached hydrogen (secondary N) is 1. The van der Waals surface area contributed by atoms with Gasteiger partial charge in [0.05, 0.1) is 17.0 Å². The fourth-order valence-corrected chi connectivity index (χ4v) is 2.23. The molecule has 0 aliphatic rings. The van der Waals surface area contributed by atoms with Gasteiger partial charge in [-0.2, -0.15) is 0 Å². The average molecular weight is 347 g/mol. The summed E-state index contributed by atoms with van der Waals surface area (Å²) in [6.45, 7) is 5.40. The first-order chi connectivity index (χ1) is 11.6. The lowest BCUT2D eigenvalue weighted by molar-refractivity contribution is -0.119. The Morgan fingerprint density at radius 3 is 2.40 bits per heavy atom. The SMILES string of the molecule is C/C(O)=C/C(N)=Nc1cc(NC(CC(C)C)C(N)=O)ccc1C(N)=O. The van der Waals surface area contributed by atoms with Crippen molar-refractivity contribution in [2.75, 3.05) is 5.32 Å². The minimum absolute atomic E-state index is 0.00767. The molecule has 0 saturated heterocycles. The first-order valence-corrected chi connectivity index (χ1v) is 7.81. The molecule has 136 valence electrons. The molecule has 0 aromatic heterocycles. The molecule has 8 N–H and O–H groups in total. The number of carbonyl (C=O) groups excluding carboxylic acids is 2. The lowest BCUT2D eigenvalue weighted by atomic mass is 10.0. The molecule has 0 radical (unpaired) electrons.